The molecule has 10 unspecified atom stereocenters. The van der Waals surface area contributed by atoms with Gasteiger partial charge in [-0.05, 0) is 134 Å². The Hall–Kier alpha value is -14.8. The lowest BCUT2D eigenvalue weighted by molar-refractivity contribution is -0.367. The molecule has 10 aromatic carbocycles. The molecule has 10 aromatic rings. The molecule has 8 aliphatic heterocycles. The Labute approximate surface area is 764 Å². The zero-order valence-corrected chi connectivity index (χ0v) is 71.6. The number of ether oxygens (including phenoxy) is 14. The molecular weight excluding hydrogens is 1730 g/mol. The van der Waals surface area contributed by atoms with Gasteiger partial charge in [-0.15, -0.1) is 0 Å². The van der Waals surface area contributed by atoms with Crippen LogP contribution in [-0.4, -0.2) is 251 Å². The summed E-state index contributed by atoms with van der Waals surface area (Å²) in [5.74, 6) is -14.9. The molecule has 4 fully saturated rings. The molecule has 0 bridgehead atoms. The van der Waals surface area contributed by atoms with E-state index in [0.29, 0.717) is 14.7 Å². The summed E-state index contributed by atoms with van der Waals surface area (Å²) in [4.78, 5) is 219. The van der Waals surface area contributed by atoms with E-state index in [2.05, 4.69) is 0 Å². The number of esters is 6. The van der Waals surface area contributed by atoms with Gasteiger partial charge in [0.05, 0.1) is 90.1 Å². The van der Waals surface area contributed by atoms with Gasteiger partial charge in [0.1, 0.15) is 74.0 Å². The van der Waals surface area contributed by atoms with Gasteiger partial charge < -0.3 is 71.4 Å². The molecule has 33 heteroatoms. The van der Waals surface area contributed by atoms with Crippen molar-refractivity contribution in [2.45, 2.75) is 149 Å². The van der Waals surface area contributed by atoms with Gasteiger partial charge in [0.2, 0.25) is 0 Å². The highest BCUT2D eigenvalue weighted by atomic mass is 16.8. The lowest BCUT2D eigenvalue weighted by Gasteiger charge is -2.54. The second-order valence-corrected chi connectivity index (χ2v) is 32.5. The van der Waals surface area contributed by atoms with E-state index in [0.717, 1.165) is 12.0 Å². The molecule has 8 heterocycles. The molecule has 682 valence electrons. The van der Waals surface area contributed by atoms with Crippen LogP contribution in [0.25, 0.3) is 0 Å². The summed E-state index contributed by atoms with van der Waals surface area (Å²) < 4.78 is 95.6. The van der Waals surface area contributed by atoms with E-state index in [1.165, 1.54) is 231 Å². The number of amides is 8. The van der Waals surface area contributed by atoms with E-state index in [1.54, 1.807) is 62.4 Å². The molecule has 0 radical (unpaired) electrons. The summed E-state index contributed by atoms with van der Waals surface area (Å²) in [6.07, 6.45) is -33.6. The predicted molar refractivity (Wildman–Crippen MR) is 462 cm³/mol. The minimum absolute atomic E-state index is 0.0334. The Balaban J connectivity index is 0.830. The number of hydrogen-bond acceptors (Lipinski definition) is 29. The highest BCUT2D eigenvalue weighted by Gasteiger charge is 2.66. The van der Waals surface area contributed by atoms with Crippen LogP contribution in [0.4, 0.5) is 0 Å². The topological polar surface area (TPSA) is 401 Å². The van der Waals surface area contributed by atoms with Gasteiger partial charge in [0.15, 0.2) is 49.6 Å². The van der Waals surface area contributed by atoms with Gasteiger partial charge in [-0.1, -0.05) is 172 Å². The first-order valence-corrected chi connectivity index (χ1v) is 43.3. The maximum atomic E-state index is 16.2. The molecule has 33 nitrogen and oxygen atoms in total. The molecule has 8 amide bonds. The highest BCUT2D eigenvalue weighted by molar-refractivity contribution is 6.24. The molecule has 0 aromatic heterocycles. The van der Waals surface area contributed by atoms with E-state index in [-0.39, 0.29) is 90.7 Å². The third-order valence-electron chi connectivity index (χ3n) is 24.7. The van der Waals surface area contributed by atoms with Gasteiger partial charge in [-0.2, -0.15) is 0 Å². The number of aliphatic hydroxyl groups is 1. The summed E-state index contributed by atoms with van der Waals surface area (Å²) in [5.41, 5.74) is -1.97. The van der Waals surface area contributed by atoms with Crippen LogP contribution >= 0.6 is 0 Å². The van der Waals surface area contributed by atoms with Gasteiger partial charge in [0, 0.05) is 7.11 Å². The fourth-order valence-corrected chi connectivity index (χ4v) is 18.2. The molecule has 1 N–H and O–H groups in total. The SMILES string of the molecule is CCC1O[C@H](OC2C(COC(=O)c3ccccc3)OC(O[C@H]3C(CC)O[C@H](OC4C(COC(=O)c5ccccc5)OC(OC)[C@@H](N5C(=O)c6ccccc6C5=O)[C@H]4OC(=O)c4ccccc4)[C@H](N4C(=O)c5ccccc5C4=O)C3OC(=O)c3ccccc3)[C@@H](N3C(=O)c4ccccc4C3=O)[C@H]2OC(=O)c2ccccc2)[C@H](N2C(=O)c3ccccc3C2=O)C(OC(=O)c2ccccc2)[C@H]1O. The Morgan fingerprint density at radius 2 is 0.463 bits per heavy atom. The Morgan fingerprint density at radius 3 is 0.716 bits per heavy atom. The second-order valence-electron chi connectivity index (χ2n) is 32.5. The second kappa shape index (κ2) is 38.6. The van der Waals surface area contributed by atoms with Gasteiger partial charge in [-0.3, -0.25) is 58.0 Å². The number of carbonyl (C=O) groups is 14. The fraction of sp³-hybridized carbons (Fsp3) is 0.267. The van der Waals surface area contributed by atoms with Crippen molar-refractivity contribution in [3.63, 3.8) is 0 Å². The summed E-state index contributed by atoms with van der Waals surface area (Å²) in [6.45, 7) is 1.21. The third kappa shape index (κ3) is 17.0. The first kappa shape index (κ1) is 89.8. The number of methoxy groups -OCH3 is 1. The third-order valence-corrected chi connectivity index (χ3v) is 24.7. The van der Waals surface area contributed by atoms with Crippen molar-refractivity contribution < 1.29 is 139 Å². The molecule has 18 rings (SSSR count). The van der Waals surface area contributed by atoms with E-state index in [1.807, 2.05) is 0 Å². The van der Waals surface area contributed by atoms with Crippen molar-refractivity contribution in [1.82, 2.24) is 19.6 Å². The number of benzene rings is 10. The van der Waals surface area contributed by atoms with Crippen molar-refractivity contribution in [3.8, 4) is 0 Å². The Morgan fingerprint density at radius 1 is 0.261 bits per heavy atom. The molecule has 0 saturated carbocycles. The van der Waals surface area contributed by atoms with Crippen molar-refractivity contribution in [1.29, 1.82) is 0 Å². The van der Waals surface area contributed by atoms with Gasteiger partial charge in [0.25, 0.3) is 47.3 Å². The largest absolute Gasteiger partial charge is 0.459 e. The summed E-state index contributed by atoms with van der Waals surface area (Å²) in [6, 6.07) is 58.7. The quantitative estimate of drug-likeness (QED) is 0.0284. The zero-order valence-electron chi connectivity index (χ0n) is 71.6. The molecule has 0 spiro atoms. The van der Waals surface area contributed by atoms with Gasteiger partial charge in [-0.25, -0.2) is 28.8 Å². The molecule has 0 aliphatic carbocycles. The van der Waals surface area contributed by atoms with Crippen LogP contribution in [0.5, 0.6) is 0 Å². The summed E-state index contributed by atoms with van der Waals surface area (Å²) in [5, 5.41) is 12.7. The van der Waals surface area contributed by atoms with Crippen LogP contribution in [0.15, 0.2) is 279 Å². The number of aliphatic hydroxyl groups excluding tert-OH is 1. The molecule has 134 heavy (non-hydrogen) atoms. The molecule has 8 aliphatic rings. The normalized spacial score (nSPS) is 26.9. The number of rotatable bonds is 27. The van der Waals surface area contributed by atoms with Crippen LogP contribution in [0, 0.1) is 0 Å². The van der Waals surface area contributed by atoms with E-state index >= 15 is 52.7 Å². The lowest BCUT2D eigenvalue weighted by atomic mass is 9.90. The molecule has 20 atom stereocenters. The van der Waals surface area contributed by atoms with Crippen LogP contribution < -0.4 is 0 Å². The molecule has 4 saturated heterocycles. The number of fused-ring (bicyclic) bond motifs is 4. The number of imide groups is 4. The zero-order chi connectivity index (χ0) is 93.3. The summed E-state index contributed by atoms with van der Waals surface area (Å²) >= 11 is 0. The van der Waals surface area contributed by atoms with Crippen molar-refractivity contribution >= 4 is 83.1 Å². The predicted octanol–water partition coefficient (Wildman–Crippen LogP) is 10.1. The van der Waals surface area contributed by atoms with Crippen LogP contribution in [0.2, 0.25) is 0 Å². The first-order valence-electron chi connectivity index (χ1n) is 43.3. The number of carbonyl (C=O) groups excluding carboxylic acids is 14. The van der Waals surface area contributed by atoms with Crippen LogP contribution in [-0.2, 0) is 66.3 Å². The Bertz CT molecular complexity index is 6080. The standard InChI is InChI=1S/C101H84N4O29/c1-4-68-76(106)80(128-94(117)56-36-16-8-17-37-56)72(102-84(107)60-44-24-25-45-61(60)85(102)108)99(124-68)133-79-71(53-123-93(116)55-34-14-7-15-35-55)127-101(75(83(79)131-97(120)59-42-22-11-23-43-59)105-90(113)66-50-30-31-51-67(66)91(105)114)132-77-69(5-2)125-100(74(82(77)130-96(119)58-40-20-10-21-41-58)104-88(111)64-48-28-29-49-65(64)89(104)112)134-78-70(52-122-92(115)54-32-12-6-13-33-54)126-98(121-3)73(81(78)129-95(118)57-38-18-9-19-39-57)103-86(109)62-46-26-27-47-63(62)87(103)110/h6-51,68-83,98-101,106H,4-5,52-53H2,1-3H3/t68?,69?,70?,71?,72-,73+,74-,75+,76+,77+,78?,79?,80?,81-,82?,83-,98?,99-,100-,101?/m1/s1. The maximum Gasteiger partial charge on any atom is 0.338 e. The van der Waals surface area contributed by atoms with Crippen molar-refractivity contribution in [3.05, 3.63) is 357 Å². The minimum atomic E-state index is -2.46. The first-order chi connectivity index (χ1) is 65.1. The van der Waals surface area contributed by atoms with Crippen molar-refractivity contribution in [2.24, 2.45) is 0 Å². The van der Waals surface area contributed by atoms with E-state index in [4.69, 9.17) is 66.3 Å². The number of nitrogens with zero attached hydrogens (tertiary/aromatic N) is 4. The highest BCUT2D eigenvalue weighted by Crippen LogP contribution is 2.46. The lowest BCUT2D eigenvalue weighted by Crippen LogP contribution is -2.73. The monoisotopic (exact) mass is 1820 g/mol. The van der Waals surface area contributed by atoms with Crippen molar-refractivity contribution in [2.75, 3.05) is 20.3 Å². The van der Waals surface area contributed by atoms with E-state index in [9.17, 15) is 19.5 Å². The maximum absolute atomic E-state index is 16.2. The average Bonchev–Trinajstić information content (AvgIpc) is 1.43. The van der Waals surface area contributed by atoms with E-state index < -0.39 is 219 Å². The average molecular weight is 1820 g/mol. The number of hydrogen-bond donors (Lipinski definition) is 1. The van der Waals surface area contributed by atoms with Crippen LogP contribution in [0.3, 0.4) is 0 Å². The molecular formula is C101H84N4O29. The smallest absolute Gasteiger partial charge is 0.338 e. The summed E-state index contributed by atoms with van der Waals surface area (Å²) in [7, 11) is 1.16. The minimum Gasteiger partial charge on any atom is -0.459 e. The Kier molecular flexibility index (Phi) is 25.8. The van der Waals surface area contributed by atoms with Crippen LogP contribution in [0.1, 0.15) is 172 Å². The fourth-order valence-electron chi connectivity index (χ4n) is 18.2. The van der Waals surface area contributed by atoms with Gasteiger partial charge >= 0.3 is 35.8 Å².